The van der Waals surface area contributed by atoms with Gasteiger partial charge >= 0.3 is 0 Å². The monoisotopic (exact) mass is 155 g/mol. The van der Waals surface area contributed by atoms with Gasteiger partial charge in [0.05, 0.1) is 0 Å². The molecule has 0 saturated carbocycles. The largest absolute Gasteiger partial charge is 0.308 e. The second-order valence-corrected chi connectivity index (χ2v) is 2.86. The molecule has 1 rings (SSSR count). The van der Waals surface area contributed by atoms with Crippen LogP contribution in [0.2, 0.25) is 0 Å². The van der Waals surface area contributed by atoms with Crippen LogP contribution in [-0.4, -0.2) is 12.1 Å². The van der Waals surface area contributed by atoms with Crippen LogP contribution in [0.3, 0.4) is 0 Å². The van der Waals surface area contributed by atoms with Crippen LogP contribution >= 0.6 is 0 Å². The van der Waals surface area contributed by atoms with Gasteiger partial charge in [-0.05, 0) is 26.7 Å². The maximum absolute atomic E-state index is 3.45. The highest BCUT2D eigenvalue weighted by Gasteiger charge is 2.05. The van der Waals surface area contributed by atoms with Crippen molar-refractivity contribution in [2.45, 2.75) is 52.6 Å². The lowest BCUT2D eigenvalue weighted by Gasteiger charge is -2.13. The summed E-state index contributed by atoms with van der Waals surface area (Å²) in [6, 6.07) is 1.26. The molecule has 1 aliphatic rings. The van der Waals surface area contributed by atoms with Gasteiger partial charge in [-0.1, -0.05) is 26.0 Å². The molecule has 2 unspecified atom stereocenters. The van der Waals surface area contributed by atoms with E-state index in [1.165, 1.54) is 12.8 Å². The molecule has 0 aromatic rings. The molecule has 1 aliphatic heterocycles. The number of rotatable bonds is 0. The van der Waals surface area contributed by atoms with E-state index >= 15 is 0 Å². The average Bonchev–Trinajstić information content (AvgIpc) is 2.18. The SMILES string of the molecule is CC.CC1C=CCCC(C)N1. The van der Waals surface area contributed by atoms with E-state index in [9.17, 15) is 0 Å². The first-order chi connectivity index (χ1) is 5.29. The lowest BCUT2D eigenvalue weighted by atomic mass is 10.2. The third kappa shape index (κ3) is 5.02. The summed E-state index contributed by atoms with van der Waals surface area (Å²) in [4.78, 5) is 0. The van der Waals surface area contributed by atoms with Crippen LogP contribution in [-0.2, 0) is 0 Å². The van der Waals surface area contributed by atoms with Crippen molar-refractivity contribution in [1.82, 2.24) is 5.32 Å². The highest BCUT2D eigenvalue weighted by molar-refractivity contribution is 4.95. The van der Waals surface area contributed by atoms with Gasteiger partial charge in [0.15, 0.2) is 0 Å². The summed E-state index contributed by atoms with van der Waals surface area (Å²) >= 11 is 0. The van der Waals surface area contributed by atoms with Crippen molar-refractivity contribution in [1.29, 1.82) is 0 Å². The Hall–Kier alpha value is -0.300. The maximum atomic E-state index is 3.45. The number of hydrogen-bond donors (Lipinski definition) is 1. The van der Waals surface area contributed by atoms with Gasteiger partial charge in [0.1, 0.15) is 0 Å². The average molecular weight is 155 g/mol. The van der Waals surface area contributed by atoms with Gasteiger partial charge in [0, 0.05) is 12.1 Å². The molecular weight excluding hydrogens is 134 g/mol. The fourth-order valence-electron chi connectivity index (χ4n) is 1.23. The topological polar surface area (TPSA) is 12.0 Å². The summed E-state index contributed by atoms with van der Waals surface area (Å²) in [6.07, 6.45) is 7.02. The van der Waals surface area contributed by atoms with Crippen LogP contribution in [0.5, 0.6) is 0 Å². The molecular formula is C10H21N. The van der Waals surface area contributed by atoms with Crippen molar-refractivity contribution < 1.29 is 0 Å². The van der Waals surface area contributed by atoms with E-state index in [4.69, 9.17) is 0 Å². The molecule has 1 heteroatoms. The molecule has 0 aromatic carbocycles. The Kier molecular flexibility index (Phi) is 6.24. The minimum Gasteiger partial charge on any atom is -0.308 e. The zero-order valence-corrected chi connectivity index (χ0v) is 8.22. The maximum Gasteiger partial charge on any atom is 0.0224 e. The van der Waals surface area contributed by atoms with Gasteiger partial charge in [-0.15, -0.1) is 0 Å². The first-order valence-corrected chi connectivity index (χ1v) is 4.72. The van der Waals surface area contributed by atoms with Crippen LogP contribution in [0.25, 0.3) is 0 Å². The van der Waals surface area contributed by atoms with Gasteiger partial charge in [0.25, 0.3) is 0 Å². The van der Waals surface area contributed by atoms with Gasteiger partial charge in [-0.25, -0.2) is 0 Å². The Morgan fingerprint density at radius 3 is 2.55 bits per heavy atom. The second-order valence-electron chi connectivity index (χ2n) is 2.86. The molecule has 0 amide bonds. The highest BCUT2D eigenvalue weighted by Crippen LogP contribution is 2.04. The summed E-state index contributed by atoms with van der Waals surface area (Å²) in [6.45, 7) is 8.43. The van der Waals surface area contributed by atoms with Gasteiger partial charge < -0.3 is 5.32 Å². The molecule has 1 heterocycles. The fourth-order valence-corrected chi connectivity index (χ4v) is 1.23. The lowest BCUT2D eigenvalue weighted by molar-refractivity contribution is 0.504. The van der Waals surface area contributed by atoms with E-state index in [1.54, 1.807) is 0 Å². The van der Waals surface area contributed by atoms with Crippen molar-refractivity contribution in [3.8, 4) is 0 Å². The van der Waals surface area contributed by atoms with Crippen molar-refractivity contribution in [3.05, 3.63) is 12.2 Å². The molecule has 2 atom stereocenters. The standard InChI is InChI=1S/C8H15N.C2H6/c1-7-5-3-4-6-8(2)9-7;1-2/h3,5,7-9H,4,6H2,1-2H3;1-2H3. The highest BCUT2D eigenvalue weighted by atomic mass is 14.9. The van der Waals surface area contributed by atoms with Gasteiger partial charge in [0.2, 0.25) is 0 Å². The Morgan fingerprint density at radius 2 is 1.91 bits per heavy atom. The molecule has 66 valence electrons. The Bertz CT molecular complexity index is 107. The molecule has 1 nitrogen and oxygen atoms in total. The molecule has 0 radical (unpaired) electrons. The lowest BCUT2D eigenvalue weighted by Crippen LogP contribution is -2.31. The van der Waals surface area contributed by atoms with Crippen LogP contribution in [0.4, 0.5) is 0 Å². The molecule has 0 saturated heterocycles. The molecule has 0 aliphatic carbocycles. The second kappa shape index (κ2) is 6.41. The molecule has 0 bridgehead atoms. The smallest absolute Gasteiger partial charge is 0.0224 e. The number of allylic oxidation sites excluding steroid dienone is 1. The molecule has 0 spiro atoms. The zero-order valence-electron chi connectivity index (χ0n) is 8.22. The molecule has 0 fully saturated rings. The van der Waals surface area contributed by atoms with Gasteiger partial charge in [-0.2, -0.15) is 0 Å². The van der Waals surface area contributed by atoms with Crippen LogP contribution in [0, 0.1) is 0 Å². The normalized spacial score (nSPS) is 30.2. The Morgan fingerprint density at radius 1 is 1.27 bits per heavy atom. The van der Waals surface area contributed by atoms with Crippen LogP contribution in [0.1, 0.15) is 40.5 Å². The van der Waals surface area contributed by atoms with Gasteiger partial charge in [-0.3, -0.25) is 0 Å². The summed E-state index contributed by atoms with van der Waals surface area (Å²) in [5, 5.41) is 3.45. The predicted octanol–water partition coefficient (Wildman–Crippen LogP) is 2.73. The quantitative estimate of drug-likeness (QED) is 0.530. The van der Waals surface area contributed by atoms with E-state index in [1.807, 2.05) is 13.8 Å². The van der Waals surface area contributed by atoms with Crippen molar-refractivity contribution in [2.75, 3.05) is 0 Å². The predicted molar refractivity (Wildman–Crippen MR) is 51.8 cm³/mol. The van der Waals surface area contributed by atoms with E-state index < -0.39 is 0 Å². The van der Waals surface area contributed by atoms with E-state index in [-0.39, 0.29) is 0 Å². The number of hydrogen-bond acceptors (Lipinski definition) is 1. The summed E-state index contributed by atoms with van der Waals surface area (Å²) in [5.74, 6) is 0. The summed E-state index contributed by atoms with van der Waals surface area (Å²) in [7, 11) is 0. The van der Waals surface area contributed by atoms with Crippen molar-refractivity contribution in [3.63, 3.8) is 0 Å². The van der Waals surface area contributed by atoms with Crippen molar-refractivity contribution in [2.24, 2.45) is 0 Å². The minimum atomic E-state index is 0.572. The third-order valence-electron chi connectivity index (χ3n) is 1.74. The molecule has 11 heavy (non-hydrogen) atoms. The zero-order chi connectivity index (χ0) is 8.69. The van der Waals surface area contributed by atoms with E-state index in [0.717, 1.165) is 0 Å². The first-order valence-electron chi connectivity index (χ1n) is 4.72. The van der Waals surface area contributed by atoms with E-state index in [0.29, 0.717) is 12.1 Å². The van der Waals surface area contributed by atoms with Crippen LogP contribution < -0.4 is 5.32 Å². The minimum absolute atomic E-state index is 0.572. The Labute approximate surface area is 70.9 Å². The third-order valence-corrected chi connectivity index (χ3v) is 1.74. The Balaban J connectivity index is 0.000000461. The number of nitrogens with one attached hydrogen (secondary N) is 1. The van der Waals surface area contributed by atoms with Crippen LogP contribution in [0.15, 0.2) is 12.2 Å². The molecule has 1 N–H and O–H groups in total. The summed E-state index contributed by atoms with van der Waals surface area (Å²) < 4.78 is 0. The molecule has 0 aromatic heterocycles. The first kappa shape index (κ1) is 10.7. The summed E-state index contributed by atoms with van der Waals surface area (Å²) in [5.41, 5.74) is 0. The van der Waals surface area contributed by atoms with E-state index in [2.05, 4.69) is 31.3 Å². The fraction of sp³-hybridized carbons (Fsp3) is 0.800. The van der Waals surface area contributed by atoms with Crippen molar-refractivity contribution >= 4 is 0 Å².